The van der Waals surface area contributed by atoms with Gasteiger partial charge in [-0.15, -0.1) is 0 Å². The number of carboxylic acids is 1. The van der Waals surface area contributed by atoms with Crippen LogP contribution in [-0.2, 0) is 4.79 Å². The van der Waals surface area contributed by atoms with Crippen molar-refractivity contribution in [3.8, 4) is 5.75 Å². The van der Waals surface area contributed by atoms with E-state index in [2.05, 4.69) is 0 Å². The summed E-state index contributed by atoms with van der Waals surface area (Å²) in [5.41, 5.74) is 0.845. The number of carboxylic acid groups (broad SMARTS) is 1. The highest BCUT2D eigenvalue weighted by Crippen LogP contribution is 2.35. The summed E-state index contributed by atoms with van der Waals surface area (Å²) in [5.74, 6) is -0.431. The molecule has 2 rings (SSSR count). The van der Waals surface area contributed by atoms with Gasteiger partial charge in [0.1, 0.15) is 11.8 Å². The van der Waals surface area contributed by atoms with Crippen molar-refractivity contribution in [1.82, 2.24) is 4.90 Å². The van der Waals surface area contributed by atoms with Gasteiger partial charge in [0.15, 0.2) is 0 Å². The number of para-hydroxylation sites is 1. The molecule has 2 unspecified atom stereocenters. The Morgan fingerprint density at radius 2 is 2.12 bits per heavy atom. The molecule has 0 bridgehead atoms. The third-order valence-electron chi connectivity index (χ3n) is 3.21. The molecule has 1 aromatic rings. The van der Waals surface area contributed by atoms with Crippen LogP contribution in [0.1, 0.15) is 17.9 Å². The molecule has 0 saturated carbocycles. The van der Waals surface area contributed by atoms with Crippen LogP contribution in [0.2, 0.25) is 0 Å². The number of likely N-dealkylation sites (tertiary alicyclic amines) is 1. The van der Waals surface area contributed by atoms with E-state index in [1.54, 1.807) is 19.2 Å². The third-order valence-corrected chi connectivity index (χ3v) is 3.21. The van der Waals surface area contributed by atoms with Crippen LogP contribution in [0.15, 0.2) is 24.3 Å². The largest absolute Gasteiger partial charge is 0.508 e. The second kappa shape index (κ2) is 4.14. The van der Waals surface area contributed by atoms with Gasteiger partial charge >= 0.3 is 5.97 Å². The van der Waals surface area contributed by atoms with E-state index in [-0.39, 0.29) is 11.7 Å². The van der Waals surface area contributed by atoms with Gasteiger partial charge < -0.3 is 10.2 Å². The quantitative estimate of drug-likeness (QED) is 0.789. The normalized spacial score (nSPS) is 25.8. The van der Waals surface area contributed by atoms with E-state index < -0.39 is 12.0 Å². The Kier molecular flexibility index (Phi) is 2.83. The second-order valence-electron chi connectivity index (χ2n) is 4.29. The van der Waals surface area contributed by atoms with Gasteiger partial charge in [0, 0.05) is 12.5 Å². The third kappa shape index (κ3) is 1.88. The Balaban J connectivity index is 2.20. The first-order valence-corrected chi connectivity index (χ1v) is 5.30. The van der Waals surface area contributed by atoms with Crippen LogP contribution in [0.4, 0.5) is 0 Å². The van der Waals surface area contributed by atoms with Crippen LogP contribution in [0.25, 0.3) is 0 Å². The summed E-state index contributed by atoms with van der Waals surface area (Å²) in [6.45, 7) is 0.675. The zero-order chi connectivity index (χ0) is 11.7. The summed E-state index contributed by atoms with van der Waals surface area (Å²) in [5, 5.41) is 18.7. The molecule has 1 saturated heterocycles. The maximum atomic E-state index is 11.0. The minimum atomic E-state index is -0.791. The van der Waals surface area contributed by atoms with E-state index in [9.17, 15) is 9.90 Å². The van der Waals surface area contributed by atoms with Gasteiger partial charge in [-0.1, -0.05) is 18.2 Å². The molecule has 0 aromatic heterocycles. The Hall–Kier alpha value is -1.55. The van der Waals surface area contributed by atoms with Crippen LogP contribution in [0.5, 0.6) is 5.75 Å². The van der Waals surface area contributed by atoms with Crippen LogP contribution < -0.4 is 0 Å². The van der Waals surface area contributed by atoms with Crippen LogP contribution in [0.3, 0.4) is 0 Å². The topological polar surface area (TPSA) is 60.8 Å². The summed E-state index contributed by atoms with van der Waals surface area (Å²) in [4.78, 5) is 12.8. The fourth-order valence-electron chi connectivity index (χ4n) is 2.35. The summed E-state index contributed by atoms with van der Waals surface area (Å²) in [7, 11) is 1.80. The Labute approximate surface area is 94.1 Å². The second-order valence-corrected chi connectivity index (χ2v) is 4.29. The monoisotopic (exact) mass is 221 g/mol. The molecular weight excluding hydrogens is 206 g/mol. The maximum absolute atomic E-state index is 11.0. The molecule has 1 aromatic carbocycles. The van der Waals surface area contributed by atoms with E-state index in [1.165, 1.54) is 0 Å². The van der Waals surface area contributed by atoms with Gasteiger partial charge in [-0.05, 0) is 25.1 Å². The molecule has 2 N–H and O–H groups in total. The SMILES string of the molecule is CN1CC(c2ccccc2O)CC1C(=O)O. The number of rotatable bonds is 2. The molecule has 1 fully saturated rings. The lowest BCUT2D eigenvalue weighted by Gasteiger charge is -2.13. The minimum absolute atomic E-state index is 0.104. The van der Waals surface area contributed by atoms with Crippen molar-refractivity contribution in [2.45, 2.75) is 18.4 Å². The highest BCUT2D eigenvalue weighted by Gasteiger charge is 2.35. The number of hydrogen-bond acceptors (Lipinski definition) is 3. The zero-order valence-corrected chi connectivity index (χ0v) is 9.13. The van der Waals surface area contributed by atoms with E-state index in [0.717, 1.165) is 5.56 Å². The zero-order valence-electron chi connectivity index (χ0n) is 9.13. The van der Waals surface area contributed by atoms with E-state index in [4.69, 9.17) is 5.11 Å². The first-order chi connectivity index (χ1) is 7.59. The number of nitrogens with zero attached hydrogens (tertiary/aromatic N) is 1. The molecule has 0 radical (unpaired) electrons. The first-order valence-electron chi connectivity index (χ1n) is 5.30. The van der Waals surface area contributed by atoms with Gasteiger partial charge in [0.05, 0.1) is 0 Å². The Bertz CT molecular complexity index is 405. The number of carbonyl (C=O) groups is 1. The predicted molar refractivity (Wildman–Crippen MR) is 59.5 cm³/mol. The standard InChI is InChI=1S/C12H15NO3/c1-13-7-8(6-10(13)12(15)16)9-4-2-3-5-11(9)14/h2-5,8,10,14H,6-7H2,1H3,(H,15,16). The smallest absolute Gasteiger partial charge is 0.320 e. The number of phenolic OH excluding ortho intramolecular Hbond substituents is 1. The molecule has 2 atom stereocenters. The molecule has 0 amide bonds. The van der Waals surface area contributed by atoms with Crippen molar-refractivity contribution in [3.63, 3.8) is 0 Å². The van der Waals surface area contributed by atoms with Crippen molar-refractivity contribution >= 4 is 5.97 Å². The van der Waals surface area contributed by atoms with Crippen molar-refractivity contribution in [2.75, 3.05) is 13.6 Å². The molecule has 1 aliphatic heterocycles. The average molecular weight is 221 g/mol. The molecule has 86 valence electrons. The van der Waals surface area contributed by atoms with Gasteiger partial charge in [0.25, 0.3) is 0 Å². The van der Waals surface area contributed by atoms with Gasteiger partial charge in [0.2, 0.25) is 0 Å². The van der Waals surface area contributed by atoms with E-state index in [1.807, 2.05) is 17.0 Å². The highest BCUT2D eigenvalue weighted by atomic mass is 16.4. The van der Waals surface area contributed by atoms with Gasteiger partial charge in [-0.25, -0.2) is 0 Å². The van der Waals surface area contributed by atoms with Crippen LogP contribution in [0, 0.1) is 0 Å². The van der Waals surface area contributed by atoms with E-state index in [0.29, 0.717) is 13.0 Å². The number of phenols is 1. The molecule has 0 spiro atoms. The first kappa shape index (κ1) is 11.0. The molecule has 4 nitrogen and oxygen atoms in total. The van der Waals surface area contributed by atoms with Crippen molar-refractivity contribution in [1.29, 1.82) is 0 Å². The van der Waals surface area contributed by atoms with Gasteiger partial charge in [-0.2, -0.15) is 0 Å². The van der Waals surface area contributed by atoms with Crippen LogP contribution in [-0.4, -0.2) is 40.7 Å². The Morgan fingerprint density at radius 1 is 1.44 bits per heavy atom. The number of likely N-dealkylation sites (N-methyl/N-ethyl adjacent to an activating group) is 1. The molecule has 4 heteroatoms. The molecule has 0 aliphatic carbocycles. The average Bonchev–Trinajstić information content (AvgIpc) is 2.61. The molecular formula is C12H15NO3. The predicted octanol–water partition coefficient (Wildman–Crippen LogP) is 1.26. The number of aromatic hydroxyl groups is 1. The fraction of sp³-hybridized carbons (Fsp3) is 0.417. The lowest BCUT2D eigenvalue weighted by atomic mass is 9.95. The number of benzene rings is 1. The summed E-state index contributed by atoms with van der Waals surface area (Å²) in [6, 6.07) is 6.70. The van der Waals surface area contributed by atoms with Crippen molar-refractivity contribution in [2.24, 2.45) is 0 Å². The lowest BCUT2D eigenvalue weighted by Crippen LogP contribution is -2.32. The number of aliphatic carboxylic acids is 1. The van der Waals surface area contributed by atoms with Crippen molar-refractivity contribution in [3.05, 3.63) is 29.8 Å². The molecule has 1 aliphatic rings. The highest BCUT2D eigenvalue weighted by molar-refractivity contribution is 5.74. The van der Waals surface area contributed by atoms with E-state index >= 15 is 0 Å². The fourth-order valence-corrected chi connectivity index (χ4v) is 2.35. The lowest BCUT2D eigenvalue weighted by molar-refractivity contribution is -0.141. The molecule has 16 heavy (non-hydrogen) atoms. The van der Waals surface area contributed by atoms with Crippen molar-refractivity contribution < 1.29 is 15.0 Å². The maximum Gasteiger partial charge on any atom is 0.320 e. The van der Waals surface area contributed by atoms with Crippen LogP contribution >= 0.6 is 0 Å². The summed E-state index contributed by atoms with van der Waals surface area (Å²) >= 11 is 0. The summed E-state index contributed by atoms with van der Waals surface area (Å²) in [6.07, 6.45) is 0.559. The molecule has 1 heterocycles. The summed E-state index contributed by atoms with van der Waals surface area (Å²) < 4.78 is 0. The minimum Gasteiger partial charge on any atom is -0.508 e. The van der Waals surface area contributed by atoms with Gasteiger partial charge in [-0.3, -0.25) is 9.69 Å². The number of hydrogen-bond donors (Lipinski definition) is 2. The Morgan fingerprint density at radius 3 is 2.69 bits per heavy atom.